The van der Waals surface area contributed by atoms with E-state index in [9.17, 15) is 0 Å². The summed E-state index contributed by atoms with van der Waals surface area (Å²) in [5.74, 6) is 0.808. The molecule has 0 spiro atoms. The minimum absolute atomic E-state index is 0.444. The summed E-state index contributed by atoms with van der Waals surface area (Å²) in [6.07, 6.45) is 11.8. The zero-order valence-corrected chi connectivity index (χ0v) is 17.4. The van der Waals surface area contributed by atoms with Crippen LogP contribution in [0.3, 0.4) is 0 Å². The van der Waals surface area contributed by atoms with Gasteiger partial charge >= 0.3 is 0 Å². The van der Waals surface area contributed by atoms with Crippen LogP contribution in [0.5, 0.6) is 5.75 Å². The van der Waals surface area contributed by atoms with E-state index < -0.39 is 0 Å². The van der Waals surface area contributed by atoms with Gasteiger partial charge in [-0.25, -0.2) is 0 Å². The number of hydrogen-bond donors (Lipinski definition) is 2. The fourth-order valence-electron chi connectivity index (χ4n) is 3.41. The number of H-pyrrole nitrogens is 2. The lowest BCUT2D eigenvalue weighted by Crippen LogP contribution is -1.97. The minimum atomic E-state index is 0.444. The molecule has 0 aliphatic rings. The molecule has 0 atom stereocenters. The fourth-order valence-corrected chi connectivity index (χ4v) is 3.41. The lowest BCUT2D eigenvalue weighted by Gasteiger charge is -2.06. The van der Waals surface area contributed by atoms with Gasteiger partial charge in [-0.05, 0) is 71.1 Å². The second-order valence-corrected chi connectivity index (χ2v) is 7.42. The molecular formula is C27H22N4O. The highest BCUT2D eigenvalue weighted by Crippen LogP contribution is 2.18. The Kier molecular flexibility index (Phi) is 5.62. The van der Waals surface area contributed by atoms with Crippen LogP contribution >= 0.6 is 0 Å². The molecule has 2 aromatic carbocycles. The zero-order valence-electron chi connectivity index (χ0n) is 17.4. The molecule has 32 heavy (non-hydrogen) atoms. The molecular weight excluding hydrogens is 396 g/mol. The van der Waals surface area contributed by atoms with Gasteiger partial charge in [0.2, 0.25) is 0 Å². The Morgan fingerprint density at radius 2 is 1.75 bits per heavy atom. The van der Waals surface area contributed by atoms with Crippen molar-refractivity contribution in [2.45, 2.75) is 6.61 Å². The van der Waals surface area contributed by atoms with E-state index >= 15 is 0 Å². The molecule has 5 nitrogen and oxygen atoms in total. The van der Waals surface area contributed by atoms with E-state index in [0.29, 0.717) is 6.61 Å². The van der Waals surface area contributed by atoms with Gasteiger partial charge in [-0.3, -0.25) is 10.1 Å². The first kappa shape index (κ1) is 19.6. The van der Waals surface area contributed by atoms with E-state index in [1.54, 1.807) is 6.20 Å². The maximum absolute atomic E-state index is 5.85. The molecule has 5 rings (SSSR count). The average molecular weight is 419 g/mol. The lowest BCUT2D eigenvalue weighted by molar-refractivity contribution is 0.301. The van der Waals surface area contributed by atoms with Crippen molar-refractivity contribution in [1.82, 2.24) is 20.2 Å². The predicted octanol–water partition coefficient (Wildman–Crippen LogP) is 6.21. The van der Waals surface area contributed by atoms with Crippen LogP contribution in [0.2, 0.25) is 0 Å². The molecule has 0 aliphatic carbocycles. The molecule has 3 aromatic heterocycles. The van der Waals surface area contributed by atoms with E-state index in [0.717, 1.165) is 39.5 Å². The van der Waals surface area contributed by atoms with Gasteiger partial charge in [-0.2, -0.15) is 5.10 Å². The number of ether oxygens (including phenoxy) is 1. The Bertz CT molecular complexity index is 1380. The molecule has 0 unspecified atom stereocenters. The predicted molar refractivity (Wildman–Crippen MR) is 130 cm³/mol. The van der Waals surface area contributed by atoms with Gasteiger partial charge in [0.1, 0.15) is 12.4 Å². The first-order chi connectivity index (χ1) is 15.8. The Hall–Kier alpha value is -4.38. The number of benzene rings is 2. The van der Waals surface area contributed by atoms with Crippen LogP contribution in [0, 0.1) is 0 Å². The number of aromatic amines is 2. The third-order valence-electron chi connectivity index (χ3n) is 5.07. The Morgan fingerprint density at radius 3 is 2.69 bits per heavy atom. The van der Waals surface area contributed by atoms with Gasteiger partial charge < -0.3 is 9.72 Å². The Morgan fingerprint density at radius 1 is 0.812 bits per heavy atom. The van der Waals surface area contributed by atoms with Gasteiger partial charge in [-0.1, -0.05) is 42.5 Å². The van der Waals surface area contributed by atoms with Crippen molar-refractivity contribution < 1.29 is 4.74 Å². The highest BCUT2D eigenvalue weighted by atomic mass is 16.5. The third kappa shape index (κ3) is 4.84. The number of fused-ring (bicyclic) bond motifs is 1. The summed E-state index contributed by atoms with van der Waals surface area (Å²) in [6.45, 7) is 0.444. The number of nitrogens with zero attached hydrogens (tertiary/aromatic N) is 2. The first-order valence-corrected chi connectivity index (χ1v) is 10.4. The van der Waals surface area contributed by atoms with Crippen molar-refractivity contribution >= 4 is 35.2 Å². The van der Waals surface area contributed by atoms with Crippen LogP contribution in [0.4, 0.5) is 0 Å². The summed E-state index contributed by atoms with van der Waals surface area (Å²) >= 11 is 0. The molecule has 3 heterocycles. The van der Waals surface area contributed by atoms with Gasteiger partial charge in [0.25, 0.3) is 0 Å². The highest BCUT2D eigenvalue weighted by Gasteiger charge is 1.99. The van der Waals surface area contributed by atoms with Crippen LogP contribution < -0.4 is 4.74 Å². The number of aromatic nitrogens is 4. The van der Waals surface area contributed by atoms with Crippen LogP contribution in [0.25, 0.3) is 35.2 Å². The maximum Gasteiger partial charge on any atom is 0.130 e. The summed E-state index contributed by atoms with van der Waals surface area (Å²) in [5.41, 5.74) is 6.02. The third-order valence-corrected chi connectivity index (χ3v) is 5.07. The largest absolute Gasteiger partial charge is 0.487 e. The summed E-state index contributed by atoms with van der Waals surface area (Å²) in [5, 5.41) is 8.65. The van der Waals surface area contributed by atoms with E-state index in [4.69, 9.17) is 4.74 Å². The molecule has 156 valence electrons. The van der Waals surface area contributed by atoms with Crippen LogP contribution in [0.1, 0.15) is 28.2 Å². The molecule has 0 saturated carbocycles. The first-order valence-electron chi connectivity index (χ1n) is 10.4. The summed E-state index contributed by atoms with van der Waals surface area (Å²) in [6, 6.07) is 24.2. The number of pyridine rings is 1. The molecule has 0 radical (unpaired) electrons. The van der Waals surface area contributed by atoms with Gasteiger partial charge in [-0.15, -0.1) is 0 Å². The number of rotatable bonds is 7. The van der Waals surface area contributed by atoms with Gasteiger partial charge in [0, 0.05) is 17.9 Å². The van der Waals surface area contributed by atoms with Crippen LogP contribution in [0.15, 0.2) is 85.2 Å². The fraction of sp³-hybridized carbons (Fsp3) is 0.0370. The smallest absolute Gasteiger partial charge is 0.130 e. The molecule has 0 fully saturated rings. The molecule has 5 aromatic rings. The average Bonchev–Trinajstić information content (AvgIpc) is 3.50. The van der Waals surface area contributed by atoms with Gasteiger partial charge in [0.05, 0.1) is 17.1 Å². The second-order valence-electron chi connectivity index (χ2n) is 7.42. The quantitative estimate of drug-likeness (QED) is 0.330. The van der Waals surface area contributed by atoms with Crippen LogP contribution in [-0.2, 0) is 6.61 Å². The standard InChI is InChI=1S/C27H22N4O/c1-2-14-28-25(5-1)19-32-26-6-3-4-20(16-26)8-11-23-18-24(31-30-23)12-9-21-7-10-22-13-15-29-27(22)17-21/h1-18,29H,19H2,(H,30,31). The molecule has 0 bridgehead atoms. The number of nitrogens with one attached hydrogen (secondary N) is 2. The van der Waals surface area contributed by atoms with E-state index in [1.165, 1.54) is 5.39 Å². The van der Waals surface area contributed by atoms with Gasteiger partial charge in [0.15, 0.2) is 0 Å². The Balaban J connectivity index is 1.22. The van der Waals surface area contributed by atoms with Crippen LogP contribution in [-0.4, -0.2) is 20.2 Å². The molecule has 5 heteroatoms. The zero-order chi connectivity index (χ0) is 21.6. The van der Waals surface area contributed by atoms with Crippen molar-refractivity contribution in [3.05, 3.63) is 113 Å². The maximum atomic E-state index is 5.85. The summed E-state index contributed by atoms with van der Waals surface area (Å²) < 4.78 is 5.85. The second kappa shape index (κ2) is 9.18. The van der Waals surface area contributed by atoms with Crippen molar-refractivity contribution in [2.75, 3.05) is 0 Å². The highest BCUT2D eigenvalue weighted by molar-refractivity contribution is 5.83. The summed E-state index contributed by atoms with van der Waals surface area (Å²) in [4.78, 5) is 7.52. The van der Waals surface area contributed by atoms with E-state index in [1.807, 2.05) is 73.0 Å². The molecule has 0 aliphatic heterocycles. The molecule has 0 saturated heterocycles. The normalized spacial score (nSPS) is 11.6. The summed E-state index contributed by atoms with van der Waals surface area (Å²) in [7, 11) is 0. The van der Waals surface area contributed by atoms with Crippen molar-refractivity contribution in [1.29, 1.82) is 0 Å². The van der Waals surface area contributed by atoms with Crippen molar-refractivity contribution in [3.8, 4) is 5.75 Å². The topological polar surface area (TPSA) is 66.6 Å². The number of hydrogen-bond acceptors (Lipinski definition) is 3. The van der Waals surface area contributed by atoms with E-state index in [2.05, 4.69) is 50.5 Å². The van der Waals surface area contributed by atoms with E-state index in [-0.39, 0.29) is 0 Å². The monoisotopic (exact) mass is 418 g/mol. The van der Waals surface area contributed by atoms with Crippen molar-refractivity contribution in [2.24, 2.45) is 0 Å². The SMILES string of the molecule is C(=Cc1cc(C=Cc2ccc3cc[nH]c3c2)[nH]n1)c1cccc(OCc2ccccn2)c1. The molecule has 0 amide bonds. The molecule has 2 N–H and O–H groups in total. The Labute approximate surface area is 186 Å². The lowest BCUT2D eigenvalue weighted by atomic mass is 10.1. The van der Waals surface area contributed by atoms with Crippen molar-refractivity contribution in [3.63, 3.8) is 0 Å². The minimum Gasteiger partial charge on any atom is -0.487 e.